The van der Waals surface area contributed by atoms with Crippen LogP contribution in [0.15, 0.2) is 113 Å². The number of fused-ring (bicyclic) bond motifs is 5. The minimum absolute atomic E-state index is 0.610. The van der Waals surface area contributed by atoms with Crippen LogP contribution >= 0.6 is 0 Å². The summed E-state index contributed by atoms with van der Waals surface area (Å²) < 4.78 is 12.4. The van der Waals surface area contributed by atoms with Gasteiger partial charge >= 0.3 is 0 Å². The van der Waals surface area contributed by atoms with Gasteiger partial charge in [0, 0.05) is 22.6 Å². The Hall–Kier alpha value is -4.31. The molecule has 0 radical (unpaired) electrons. The maximum Gasteiger partial charge on any atom is 0.152 e. The Morgan fingerprint density at radius 3 is 2.38 bits per heavy atom. The Bertz CT molecular complexity index is 1530. The Kier molecular flexibility index (Phi) is 4.12. The molecule has 0 aliphatic carbocycles. The molecule has 0 unspecified atom stereocenters. The number of benzene rings is 4. The first-order valence-electron chi connectivity index (χ1n) is 10.5. The smallest absolute Gasteiger partial charge is 0.152 e. The van der Waals surface area contributed by atoms with Crippen molar-refractivity contribution in [2.24, 2.45) is 4.99 Å². The molecule has 0 spiro atoms. The van der Waals surface area contributed by atoms with E-state index in [2.05, 4.69) is 12.6 Å². The highest BCUT2D eigenvalue weighted by atomic mass is 16.5. The van der Waals surface area contributed by atoms with Gasteiger partial charge in [0.2, 0.25) is 0 Å². The molecule has 1 aliphatic heterocycles. The fraction of sp³-hybridized carbons (Fsp3) is 0.0357. The number of hydrogen-bond donors (Lipinski definition) is 0. The SMILES string of the molecule is C=C(/N=C(\C)c1ccccc1)N1c2ccccc2Oc2cc3c(cc21)oc1ccccc13. The first kappa shape index (κ1) is 18.5. The van der Waals surface area contributed by atoms with E-state index in [-0.39, 0.29) is 0 Å². The number of furan rings is 1. The van der Waals surface area contributed by atoms with Crippen molar-refractivity contribution in [2.75, 3.05) is 4.90 Å². The Labute approximate surface area is 185 Å². The fourth-order valence-electron chi connectivity index (χ4n) is 4.24. The van der Waals surface area contributed by atoms with Crippen LogP contribution < -0.4 is 9.64 Å². The first-order valence-corrected chi connectivity index (χ1v) is 10.5. The van der Waals surface area contributed by atoms with Gasteiger partial charge in [-0.2, -0.15) is 0 Å². The summed E-state index contributed by atoms with van der Waals surface area (Å²) in [7, 11) is 0. The maximum absolute atomic E-state index is 6.30. The van der Waals surface area contributed by atoms with Crippen molar-refractivity contribution < 1.29 is 9.15 Å². The van der Waals surface area contributed by atoms with E-state index in [1.54, 1.807) is 0 Å². The summed E-state index contributed by atoms with van der Waals surface area (Å²) >= 11 is 0. The number of anilines is 2. The lowest BCUT2D eigenvalue weighted by Gasteiger charge is -2.32. The molecular formula is C28H20N2O2. The second kappa shape index (κ2) is 7.13. The van der Waals surface area contributed by atoms with Gasteiger partial charge in [-0.1, -0.05) is 67.2 Å². The van der Waals surface area contributed by atoms with Gasteiger partial charge in [0.1, 0.15) is 17.0 Å². The van der Waals surface area contributed by atoms with Gasteiger partial charge in [-0.25, -0.2) is 4.99 Å². The minimum atomic E-state index is 0.610. The third kappa shape index (κ3) is 2.88. The molecule has 4 heteroatoms. The zero-order valence-electron chi connectivity index (χ0n) is 17.6. The van der Waals surface area contributed by atoms with Gasteiger partial charge in [-0.3, -0.25) is 4.90 Å². The molecule has 1 aromatic heterocycles. The van der Waals surface area contributed by atoms with E-state index < -0.39 is 0 Å². The standard InChI is InChI=1S/C28H20N2O2/c1-18(20-10-4-3-5-11-20)29-19(2)30-23-13-7-9-15-26(23)32-28-16-22-21-12-6-8-14-25(21)31-27(22)17-24(28)30/h3-17H,2H2,1H3/b29-18+. The summed E-state index contributed by atoms with van der Waals surface area (Å²) in [6.07, 6.45) is 0. The van der Waals surface area contributed by atoms with E-state index in [1.165, 1.54) is 0 Å². The molecule has 0 bridgehead atoms. The van der Waals surface area contributed by atoms with Crippen LogP contribution in [0.3, 0.4) is 0 Å². The average Bonchev–Trinajstić information content (AvgIpc) is 3.19. The quantitative estimate of drug-likeness (QED) is 0.282. The molecule has 0 saturated carbocycles. The normalized spacial score (nSPS) is 13.0. The van der Waals surface area contributed by atoms with Crippen molar-refractivity contribution in [2.45, 2.75) is 6.92 Å². The fourth-order valence-corrected chi connectivity index (χ4v) is 4.24. The lowest BCUT2D eigenvalue weighted by molar-refractivity contribution is 0.476. The van der Waals surface area contributed by atoms with Crippen molar-refractivity contribution in [3.63, 3.8) is 0 Å². The molecule has 0 fully saturated rings. The highest BCUT2D eigenvalue weighted by molar-refractivity contribution is 6.07. The first-order chi connectivity index (χ1) is 15.7. The van der Waals surface area contributed by atoms with Crippen molar-refractivity contribution in [3.8, 4) is 11.5 Å². The molecule has 4 nitrogen and oxygen atoms in total. The molecule has 154 valence electrons. The molecule has 6 rings (SSSR count). The summed E-state index contributed by atoms with van der Waals surface area (Å²) in [4.78, 5) is 6.89. The minimum Gasteiger partial charge on any atom is -0.456 e. The van der Waals surface area contributed by atoms with Gasteiger partial charge in [-0.05, 0) is 36.8 Å². The van der Waals surface area contributed by atoms with Crippen LogP contribution in [0.5, 0.6) is 11.5 Å². The molecule has 1 aliphatic rings. The summed E-state index contributed by atoms with van der Waals surface area (Å²) in [6.45, 7) is 6.31. The van der Waals surface area contributed by atoms with Crippen LogP contribution in [-0.2, 0) is 0 Å². The Balaban J connectivity index is 1.53. The van der Waals surface area contributed by atoms with E-state index in [0.29, 0.717) is 5.82 Å². The maximum atomic E-state index is 6.30. The Morgan fingerprint density at radius 1 is 0.750 bits per heavy atom. The average molecular weight is 416 g/mol. The summed E-state index contributed by atoms with van der Waals surface area (Å²) in [5.74, 6) is 2.12. The highest BCUT2D eigenvalue weighted by Crippen LogP contribution is 2.50. The molecular weight excluding hydrogens is 396 g/mol. The van der Waals surface area contributed by atoms with Gasteiger partial charge < -0.3 is 9.15 Å². The largest absolute Gasteiger partial charge is 0.456 e. The van der Waals surface area contributed by atoms with Crippen LogP contribution in [0.2, 0.25) is 0 Å². The van der Waals surface area contributed by atoms with Crippen molar-refractivity contribution in [3.05, 3.63) is 109 Å². The van der Waals surface area contributed by atoms with Crippen LogP contribution in [0, 0.1) is 0 Å². The van der Waals surface area contributed by atoms with Crippen molar-refractivity contribution in [1.82, 2.24) is 0 Å². The Morgan fingerprint density at radius 2 is 1.50 bits per heavy atom. The summed E-state index contributed by atoms with van der Waals surface area (Å²) in [5.41, 5.74) is 5.35. The summed E-state index contributed by atoms with van der Waals surface area (Å²) in [5, 5.41) is 2.09. The number of ether oxygens (including phenoxy) is 1. The number of aliphatic imine (C=N–C) groups is 1. The molecule has 0 amide bonds. The van der Waals surface area contributed by atoms with E-state index in [9.17, 15) is 0 Å². The number of nitrogens with zero attached hydrogens (tertiary/aromatic N) is 2. The van der Waals surface area contributed by atoms with E-state index in [0.717, 1.165) is 56.1 Å². The molecule has 0 atom stereocenters. The second-order valence-electron chi connectivity index (χ2n) is 7.80. The number of para-hydroxylation sites is 3. The van der Waals surface area contributed by atoms with Crippen molar-refractivity contribution >= 4 is 39.0 Å². The molecule has 0 saturated heterocycles. The van der Waals surface area contributed by atoms with Gasteiger partial charge in [0.05, 0.1) is 11.4 Å². The second-order valence-corrected chi connectivity index (χ2v) is 7.80. The topological polar surface area (TPSA) is 38.0 Å². The van der Waals surface area contributed by atoms with Gasteiger partial charge in [0.25, 0.3) is 0 Å². The van der Waals surface area contributed by atoms with E-state index >= 15 is 0 Å². The number of hydrogen-bond acceptors (Lipinski definition) is 4. The van der Waals surface area contributed by atoms with Crippen LogP contribution in [0.1, 0.15) is 12.5 Å². The predicted molar refractivity (Wildman–Crippen MR) is 130 cm³/mol. The predicted octanol–water partition coefficient (Wildman–Crippen LogP) is 7.81. The number of rotatable bonds is 3. The summed E-state index contributed by atoms with van der Waals surface area (Å²) in [6, 6.07) is 30.1. The highest BCUT2D eigenvalue weighted by Gasteiger charge is 2.28. The molecule has 5 aromatic rings. The van der Waals surface area contributed by atoms with Crippen LogP contribution in [-0.4, -0.2) is 5.71 Å². The van der Waals surface area contributed by atoms with Crippen molar-refractivity contribution in [1.29, 1.82) is 0 Å². The van der Waals surface area contributed by atoms with E-state index in [4.69, 9.17) is 14.1 Å². The lowest BCUT2D eigenvalue weighted by Crippen LogP contribution is -2.20. The van der Waals surface area contributed by atoms with Gasteiger partial charge in [0.15, 0.2) is 11.5 Å². The molecule has 2 heterocycles. The molecule has 32 heavy (non-hydrogen) atoms. The third-order valence-corrected chi connectivity index (χ3v) is 5.77. The van der Waals surface area contributed by atoms with Crippen LogP contribution in [0.4, 0.5) is 11.4 Å². The van der Waals surface area contributed by atoms with E-state index in [1.807, 2.05) is 96.8 Å². The monoisotopic (exact) mass is 416 g/mol. The zero-order valence-corrected chi connectivity index (χ0v) is 17.6. The zero-order chi connectivity index (χ0) is 21.7. The van der Waals surface area contributed by atoms with Crippen LogP contribution in [0.25, 0.3) is 21.9 Å². The lowest BCUT2D eigenvalue weighted by atomic mass is 10.1. The molecule has 0 N–H and O–H groups in total. The third-order valence-electron chi connectivity index (χ3n) is 5.77. The van der Waals surface area contributed by atoms with Gasteiger partial charge in [-0.15, -0.1) is 0 Å². The molecule has 4 aromatic carbocycles.